The Morgan fingerprint density at radius 3 is 2.80 bits per heavy atom. The largest absolute Gasteiger partial charge is 0.483 e. The van der Waals surface area contributed by atoms with E-state index in [1.54, 1.807) is 0 Å². The van der Waals surface area contributed by atoms with Crippen LogP contribution in [0.5, 0.6) is 5.75 Å². The number of para-hydroxylation sites is 1. The van der Waals surface area contributed by atoms with Crippen LogP contribution in [0.15, 0.2) is 42.5 Å². The molecule has 1 aromatic heterocycles. The number of fused-ring (bicyclic) bond motifs is 1. The van der Waals surface area contributed by atoms with Gasteiger partial charge in [0.15, 0.2) is 6.10 Å². The Balaban J connectivity index is 1.89. The van der Waals surface area contributed by atoms with E-state index < -0.39 is 0 Å². The van der Waals surface area contributed by atoms with Crippen LogP contribution in [0.4, 0.5) is 0 Å². The van der Waals surface area contributed by atoms with Crippen LogP contribution >= 0.6 is 11.6 Å². The first-order chi connectivity index (χ1) is 9.63. The molecule has 1 N–H and O–H groups in total. The first-order valence-corrected chi connectivity index (χ1v) is 6.89. The van der Waals surface area contributed by atoms with E-state index in [4.69, 9.17) is 16.3 Å². The van der Waals surface area contributed by atoms with E-state index in [1.807, 2.05) is 56.3 Å². The van der Waals surface area contributed by atoms with Gasteiger partial charge in [0.25, 0.3) is 0 Å². The zero-order valence-electron chi connectivity index (χ0n) is 11.4. The molecule has 102 valence electrons. The zero-order valence-corrected chi connectivity index (χ0v) is 12.1. The number of rotatable bonds is 3. The standard InChI is InChI=1S/C16H15ClN2O/c1-10-5-3-4-6-15(10)20-11(2)16-18-13-8-7-12(17)9-14(13)19-16/h3-9,11H,1-2H3,(H,18,19)/t11-/m1/s1. The van der Waals surface area contributed by atoms with E-state index in [1.165, 1.54) is 0 Å². The Bertz CT molecular complexity index is 751. The topological polar surface area (TPSA) is 37.9 Å². The van der Waals surface area contributed by atoms with Gasteiger partial charge >= 0.3 is 0 Å². The van der Waals surface area contributed by atoms with Gasteiger partial charge in [0, 0.05) is 5.02 Å². The molecule has 1 heterocycles. The third-order valence-electron chi connectivity index (χ3n) is 3.24. The summed E-state index contributed by atoms with van der Waals surface area (Å²) in [7, 11) is 0. The van der Waals surface area contributed by atoms with Gasteiger partial charge in [-0.15, -0.1) is 0 Å². The van der Waals surface area contributed by atoms with Gasteiger partial charge in [0.1, 0.15) is 11.6 Å². The number of hydrogen-bond donors (Lipinski definition) is 1. The molecule has 2 aromatic carbocycles. The van der Waals surface area contributed by atoms with Crippen LogP contribution in [0, 0.1) is 6.92 Å². The van der Waals surface area contributed by atoms with Crippen LogP contribution in [0.2, 0.25) is 5.02 Å². The van der Waals surface area contributed by atoms with Crippen molar-refractivity contribution < 1.29 is 4.74 Å². The molecule has 0 unspecified atom stereocenters. The van der Waals surface area contributed by atoms with E-state index in [0.717, 1.165) is 28.2 Å². The third-order valence-corrected chi connectivity index (χ3v) is 3.48. The number of aromatic nitrogens is 2. The molecule has 20 heavy (non-hydrogen) atoms. The fourth-order valence-electron chi connectivity index (χ4n) is 2.13. The van der Waals surface area contributed by atoms with Crippen molar-refractivity contribution in [3.05, 3.63) is 58.9 Å². The highest BCUT2D eigenvalue weighted by Crippen LogP contribution is 2.25. The van der Waals surface area contributed by atoms with Crippen LogP contribution in [0.1, 0.15) is 24.4 Å². The number of ether oxygens (including phenoxy) is 1. The number of hydrogen-bond acceptors (Lipinski definition) is 2. The quantitative estimate of drug-likeness (QED) is 0.760. The van der Waals surface area contributed by atoms with Crippen molar-refractivity contribution in [2.75, 3.05) is 0 Å². The molecule has 0 aliphatic carbocycles. The van der Waals surface area contributed by atoms with Crippen molar-refractivity contribution in [2.45, 2.75) is 20.0 Å². The maximum atomic E-state index is 5.98. The molecule has 0 radical (unpaired) electrons. The van der Waals surface area contributed by atoms with Gasteiger partial charge in [0.2, 0.25) is 0 Å². The molecule has 0 bridgehead atoms. The number of nitrogens with one attached hydrogen (secondary N) is 1. The molecule has 0 fully saturated rings. The highest BCUT2D eigenvalue weighted by Gasteiger charge is 2.13. The van der Waals surface area contributed by atoms with E-state index in [2.05, 4.69) is 9.97 Å². The summed E-state index contributed by atoms with van der Waals surface area (Å²) in [5.74, 6) is 1.67. The van der Waals surface area contributed by atoms with Crippen LogP contribution in [-0.2, 0) is 0 Å². The molecule has 3 aromatic rings. The fourth-order valence-corrected chi connectivity index (χ4v) is 2.30. The normalized spacial score (nSPS) is 12.6. The Morgan fingerprint density at radius 1 is 1.20 bits per heavy atom. The van der Waals surface area contributed by atoms with Crippen LogP contribution < -0.4 is 4.74 Å². The first-order valence-electron chi connectivity index (χ1n) is 6.51. The van der Waals surface area contributed by atoms with Gasteiger partial charge < -0.3 is 9.72 Å². The minimum absolute atomic E-state index is 0.151. The second kappa shape index (κ2) is 5.17. The Labute approximate surface area is 122 Å². The van der Waals surface area contributed by atoms with Crippen molar-refractivity contribution in [3.8, 4) is 5.75 Å². The molecular weight excluding hydrogens is 272 g/mol. The number of H-pyrrole nitrogens is 1. The monoisotopic (exact) mass is 286 g/mol. The summed E-state index contributed by atoms with van der Waals surface area (Å²) >= 11 is 5.98. The minimum atomic E-state index is -0.151. The summed E-state index contributed by atoms with van der Waals surface area (Å²) in [6.07, 6.45) is -0.151. The lowest BCUT2D eigenvalue weighted by atomic mass is 10.2. The Hall–Kier alpha value is -2.00. The van der Waals surface area contributed by atoms with E-state index >= 15 is 0 Å². The second-order valence-electron chi connectivity index (χ2n) is 4.81. The van der Waals surface area contributed by atoms with Gasteiger partial charge in [-0.1, -0.05) is 29.8 Å². The molecule has 3 nitrogen and oxygen atoms in total. The lowest BCUT2D eigenvalue weighted by Gasteiger charge is -2.14. The molecule has 0 saturated carbocycles. The Morgan fingerprint density at radius 2 is 2.00 bits per heavy atom. The number of imidazole rings is 1. The van der Waals surface area contributed by atoms with Gasteiger partial charge in [-0.2, -0.15) is 0 Å². The van der Waals surface area contributed by atoms with Gasteiger partial charge in [-0.05, 0) is 43.7 Å². The smallest absolute Gasteiger partial charge is 0.153 e. The summed E-state index contributed by atoms with van der Waals surface area (Å²) in [4.78, 5) is 7.80. The lowest BCUT2D eigenvalue weighted by molar-refractivity contribution is 0.216. The summed E-state index contributed by atoms with van der Waals surface area (Å²) < 4.78 is 5.96. The summed E-state index contributed by atoms with van der Waals surface area (Å²) in [5.41, 5.74) is 2.93. The number of nitrogens with zero attached hydrogens (tertiary/aromatic N) is 1. The molecule has 0 amide bonds. The van der Waals surface area contributed by atoms with Crippen LogP contribution in [-0.4, -0.2) is 9.97 Å². The molecule has 0 saturated heterocycles. The maximum Gasteiger partial charge on any atom is 0.153 e. The van der Waals surface area contributed by atoms with E-state index in [9.17, 15) is 0 Å². The molecule has 0 aliphatic rings. The fraction of sp³-hybridized carbons (Fsp3) is 0.188. The summed E-state index contributed by atoms with van der Waals surface area (Å²) in [6.45, 7) is 4.01. The van der Waals surface area contributed by atoms with Gasteiger partial charge in [-0.3, -0.25) is 0 Å². The van der Waals surface area contributed by atoms with E-state index in [-0.39, 0.29) is 6.10 Å². The van der Waals surface area contributed by atoms with Crippen molar-refractivity contribution in [2.24, 2.45) is 0 Å². The molecule has 1 atom stereocenters. The summed E-state index contributed by atoms with van der Waals surface area (Å²) in [6, 6.07) is 13.6. The zero-order chi connectivity index (χ0) is 14.1. The molecule has 0 aliphatic heterocycles. The van der Waals surface area contributed by atoms with Crippen molar-refractivity contribution in [1.82, 2.24) is 9.97 Å². The number of aromatic amines is 1. The maximum absolute atomic E-state index is 5.98. The third kappa shape index (κ3) is 2.49. The first kappa shape index (κ1) is 13.0. The number of halogens is 1. The van der Waals surface area contributed by atoms with Gasteiger partial charge in [0.05, 0.1) is 11.0 Å². The van der Waals surface area contributed by atoms with Crippen molar-refractivity contribution in [3.63, 3.8) is 0 Å². The second-order valence-corrected chi connectivity index (χ2v) is 5.25. The highest BCUT2D eigenvalue weighted by molar-refractivity contribution is 6.31. The van der Waals surface area contributed by atoms with E-state index in [0.29, 0.717) is 5.02 Å². The van der Waals surface area contributed by atoms with Crippen LogP contribution in [0.3, 0.4) is 0 Å². The van der Waals surface area contributed by atoms with Gasteiger partial charge in [-0.25, -0.2) is 4.98 Å². The lowest BCUT2D eigenvalue weighted by Crippen LogP contribution is -2.05. The number of benzene rings is 2. The molecular formula is C16H15ClN2O. The molecule has 4 heteroatoms. The van der Waals surface area contributed by atoms with Crippen LogP contribution in [0.25, 0.3) is 11.0 Å². The minimum Gasteiger partial charge on any atom is -0.483 e. The van der Waals surface area contributed by atoms with Crippen molar-refractivity contribution >= 4 is 22.6 Å². The predicted molar refractivity (Wildman–Crippen MR) is 81.3 cm³/mol. The molecule has 3 rings (SSSR count). The average molecular weight is 287 g/mol. The Kier molecular flexibility index (Phi) is 3.36. The average Bonchev–Trinajstić information content (AvgIpc) is 2.84. The predicted octanol–water partition coefficient (Wildman–Crippen LogP) is 4.66. The summed E-state index contributed by atoms with van der Waals surface area (Å²) in [5, 5.41) is 0.695. The van der Waals surface area contributed by atoms with Crippen molar-refractivity contribution in [1.29, 1.82) is 0 Å². The SMILES string of the molecule is Cc1ccccc1O[C@H](C)c1nc2ccc(Cl)cc2[nH]1. The molecule has 0 spiro atoms. The highest BCUT2D eigenvalue weighted by atomic mass is 35.5. The number of aryl methyl sites for hydroxylation is 1.